The van der Waals surface area contributed by atoms with E-state index < -0.39 is 4.46 Å². The van der Waals surface area contributed by atoms with Gasteiger partial charge in [-0.1, -0.05) is 37.0 Å². The number of halogens is 2. The van der Waals surface area contributed by atoms with Crippen molar-refractivity contribution >= 4 is 23.2 Å². The van der Waals surface area contributed by atoms with Crippen LogP contribution in [0.4, 0.5) is 0 Å². The molecule has 0 aromatic carbocycles. The molecule has 2 nitrogen and oxygen atoms in total. The minimum atomic E-state index is -1.19. The molecule has 0 aliphatic heterocycles. The molecule has 0 radical (unpaired) electrons. The highest BCUT2D eigenvalue weighted by Gasteiger charge is 2.37. The number of nitrogens with two attached hydrogens (primary N) is 2. The third-order valence-electron chi connectivity index (χ3n) is 1.67. The van der Waals surface area contributed by atoms with Crippen LogP contribution in [0.2, 0.25) is 0 Å². The SMILES string of the molecule is CC(C)(CCN)C(N)(Cl)Cl. The van der Waals surface area contributed by atoms with Crippen LogP contribution < -0.4 is 11.5 Å². The van der Waals surface area contributed by atoms with Crippen molar-refractivity contribution in [3.63, 3.8) is 0 Å². The van der Waals surface area contributed by atoms with E-state index in [-0.39, 0.29) is 5.41 Å². The smallest absolute Gasteiger partial charge is 0.171 e. The number of hydrogen-bond acceptors (Lipinski definition) is 2. The van der Waals surface area contributed by atoms with Gasteiger partial charge in [-0.3, -0.25) is 5.73 Å². The van der Waals surface area contributed by atoms with E-state index in [9.17, 15) is 0 Å². The molecule has 0 aromatic heterocycles. The average molecular weight is 185 g/mol. The molecule has 0 heterocycles. The summed E-state index contributed by atoms with van der Waals surface area (Å²) in [4.78, 5) is 0. The summed E-state index contributed by atoms with van der Waals surface area (Å²) in [7, 11) is 0. The van der Waals surface area contributed by atoms with E-state index >= 15 is 0 Å². The molecule has 62 valence electrons. The van der Waals surface area contributed by atoms with Gasteiger partial charge in [0.05, 0.1) is 0 Å². The highest BCUT2D eigenvalue weighted by molar-refractivity contribution is 6.48. The first-order valence-electron chi connectivity index (χ1n) is 3.18. The molecule has 0 aliphatic carbocycles. The zero-order valence-electron chi connectivity index (χ0n) is 6.32. The molecule has 0 atom stereocenters. The standard InChI is InChI=1S/C6H14Cl2N2/c1-5(2,3-4-9)6(7,8)10/h3-4,9-10H2,1-2H3. The van der Waals surface area contributed by atoms with E-state index in [1.165, 1.54) is 0 Å². The van der Waals surface area contributed by atoms with Crippen molar-refractivity contribution in [1.82, 2.24) is 0 Å². The zero-order valence-corrected chi connectivity index (χ0v) is 7.84. The van der Waals surface area contributed by atoms with Crippen molar-refractivity contribution in [3.05, 3.63) is 0 Å². The van der Waals surface area contributed by atoms with Crippen LogP contribution in [-0.2, 0) is 0 Å². The fourth-order valence-corrected chi connectivity index (χ4v) is 0.716. The quantitative estimate of drug-likeness (QED) is 0.516. The van der Waals surface area contributed by atoms with Gasteiger partial charge >= 0.3 is 0 Å². The Labute approximate surface area is 71.9 Å². The van der Waals surface area contributed by atoms with Gasteiger partial charge in [0.25, 0.3) is 0 Å². The Bertz CT molecular complexity index is 107. The molecular weight excluding hydrogens is 171 g/mol. The number of rotatable bonds is 3. The second-order valence-electron chi connectivity index (χ2n) is 3.05. The Morgan fingerprint density at radius 3 is 1.80 bits per heavy atom. The summed E-state index contributed by atoms with van der Waals surface area (Å²) < 4.78 is -1.19. The summed E-state index contributed by atoms with van der Waals surface area (Å²) in [5.41, 5.74) is 10.5. The highest BCUT2D eigenvalue weighted by Crippen LogP contribution is 2.38. The lowest BCUT2D eigenvalue weighted by atomic mass is 9.89. The molecule has 4 heteroatoms. The van der Waals surface area contributed by atoms with Crippen LogP contribution in [0.5, 0.6) is 0 Å². The van der Waals surface area contributed by atoms with E-state index in [0.717, 1.165) is 6.42 Å². The van der Waals surface area contributed by atoms with Crippen molar-refractivity contribution < 1.29 is 0 Å². The largest absolute Gasteiger partial charge is 0.330 e. The van der Waals surface area contributed by atoms with Gasteiger partial charge in [0.15, 0.2) is 4.46 Å². The van der Waals surface area contributed by atoms with Crippen molar-refractivity contribution in [2.45, 2.75) is 24.7 Å². The van der Waals surface area contributed by atoms with Crippen LogP contribution >= 0.6 is 23.2 Å². The Kier molecular flexibility index (Phi) is 3.43. The maximum absolute atomic E-state index is 5.69. The van der Waals surface area contributed by atoms with E-state index in [0.29, 0.717) is 6.54 Å². The Balaban J connectivity index is 4.10. The van der Waals surface area contributed by atoms with Crippen molar-refractivity contribution in [2.24, 2.45) is 16.9 Å². The molecule has 0 amide bonds. The molecule has 0 spiro atoms. The summed E-state index contributed by atoms with van der Waals surface area (Å²) in [6.07, 6.45) is 0.719. The third-order valence-corrected chi connectivity index (χ3v) is 2.69. The van der Waals surface area contributed by atoms with E-state index in [1.54, 1.807) is 0 Å². The topological polar surface area (TPSA) is 52.0 Å². The molecule has 0 aromatic rings. The molecule has 0 bridgehead atoms. The van der Waals surface area contributed by atoms with Gasteiger partial charge in [-0.2, -0.15) is 0 Å². The molecule has 0 saturated carbocycles. The predicted molar refractivity (Wildman–Crippen MR) is 46.1 cm³/mol. The zero-order chi connectivity index (χ0) is 8.41. The van der Waals surface area contributed by atoms with Gasteiger partial charge in [-0.25, -0.2) is 0 Å². The minimum absolute atomic E-state index is 0.329. The van der Waals surface area contributed by atoms with Gasteiger partial charge in [-0.15, -0.1) is 0 Å². The monoisotopic (exact) mass is 184 g/mol. The molecule has 10 heavy (non-hydrogen) atoms. The lowest BCUT2D eigenvalue weighted by molar-refractivity contribution is 0.298. The van der Waals surface area contributed by atoms with Crippen LogP contribution in [0.15, 0.2) is 0 Å². The van der Waals surface area contributed by atoms with Crippen LogP contribution in [0.1, 0.15) is 20.3 Å². The summed E-state index contributed by atoms with van der Waals surface area (Å²) >= 11 is 11.4. The van der Waals surface area contributed by atoms with E-state index in [4.69, 9.17) is 34.7 Å². The maximum Gasteiger partial charge on any atom is 0.171 e. The Morgan fingerprint density at radius 2 is 1.70 bits per heavy atom. The number of hydrogen-bond donors (Lipinski definition) is 2. The molecule has 0 saturated heterocycles. The number of alkyl halides is 2. The summed E-state index contributed by atoms with van der Waals surface area (Å²) in [6, 6.07) is 0. The van der Waals surface area contributed by atoms with Gasteiger partial charge in [0, 0.05) is 5.41 Å². The highest BCUT2D eigenvalue weighted by atomic mass is 35.5. The summed E-state index contributed by atoms with van der Waals surface area (Å²) in [6.45, 7) is 4.32. The average Bonchev–Trinajstić information content (AvgIpc) is 1.61. The van der Waals surface area contributed by atoms with Gasteiger partial charge in [-0.05, 0) is 13.0 Å². The van der Waals surface area contributed by atoms with Crippen molar-refractivity contribution in [2.75, 3.05) is 6.54 Å². The van der Waals surface area contributed by atoms with Gasteiger partial charge < -0.3 is 5.73 Å². The second-order valence-corrected chi connectivity index (χ2v) is 4.43. The lowest BCUT2D eigenvalue weighted by Crippen LogP contribution is -2.43. The van der Waals surface area contributed by atoms with Crippen molar-refractivity contribution in [1.29, 1.82) is 0 Å². The fourth-order valence-electron chi connectivity index (χ4n) is 0.528. The molecule has 4 N–H and O–H groups in total. The Hall–Kier alpha value is 0.500. The van der Waals surface area contributed by atoms with Gasteiger partial charge in [0.2, 0.25) is 0 Å². The molecule has 0 aliphatic rings. The lowest BCUT2D eigenvalue weighted by Gasteiger charge is -2.33. The maximum atomic E-state index is 5.69. The predicted octanol–water partition coefficient (Wildman–Crippen LogP) is 1.45. The van der Waals surface area contributed by atoms with E-state index in [2.05, 4.69) is 0 Å². The van der Waals surface area contributed by atoms with Crippen LogP contribution in [-0.4, -0.2) is 11.0 Å². The van der Waals surface area contributed by atoms with Crippen molar-refractivity contribution in [3.8, 4) is 0 Å². The first-order valence-corrected chi connectivity index (χ1v) is 3.93. The summed E-state index contributed by atoms with van der Waals surface area (Å²) in [5, 5.41) is 0. The van der Waals surface area contributed by atoms with Crippen LogP contribution in [0, 0.1) is 5.41 Å². The van der Waals surface area contributed by atoms with E-state index in [1.807, 2.05) is 13.8 Å². The fraction of sp³-hybridized carbons (Fsp3) is 1.00. The summed E-state index contributed by atoms with van der Waals surface area (Å²) in [5.74, 6) is 0. The first kappa shape index (κ1) is 10.5. The Morgan fingerprint density at radius 1 is 1.30 bits per heavy atom. The van der Waals surface area contributed by atoms with Crippen LogP contribution in [0.3, 0.4) is 0 Å². The van der Waals surface area contributed by atoms with Gasteiger partial charge in [0.1, 0.15) is 0 Å². The second kappa shape index (κ2) is 3.26. The van der Waals surface area contributed by atoms with Crippen LogP contribution in [0.25, 0.3) is 0 Å². The first-order chi connectivity index (χ1) is 4.31. The molecule has 0 fully saturated rings. The third kappa shape index (κ3) is 2.62. The molecule has 0 unspecified atom stereocenters. The molecular formula is C6H14Cl2N2. The minimum Gasteiger partial charge on any atom is -0.330 e. The molecule has 0 rings (SSSR count). The normalized spacial score (nSPS) is 13.8.